The molecular weight excluding hydrogens is 212 g/mol. The van der Waals surface area contributed by atoms with E-state index in [0.29, 0.717) is 0 Å². The van der Waals surface area contributed by atoms with Crippen LogP contribution in [-0.2, 0) is 0 Å². The van der Waals surface area contributed by atoms with Crippen LogP contribution in [0.1, 0.15) is 13.3 Å². The van der Waals surface area contributed by atoms with Gasteiger partial charge in [0.2, 0.25) is 0 Å². The SMILES string of the molecule is CCNCCCSSc1ccccn1. The van der Waals surface area contributed by atoms with E-state index in [1.165, 1.54) is 12.2 Å². The first kappa shape index (κ1) is 11.9. The minimum atomic E-state index is 1.07. The van der Waals surface area contributed by atoms with Gasteiger partial charge in [0, 0.05) is 11.9 Å². The van der Waals surface area contributed by atoms with Crippen molar-refractivity contribution < 1.29 is 0 Å². The standard InChI is InChI=1S/C10H16N2S2/c1-2-11-7-5-9-13-14-10-6-3-4-8-12-10/h3-4,6,8,11H,2,5,7,9H2,1H3. The van der Waals surface area contributed by atoms with Crippen LogP contribution < -0.4 is 5.32 Å². The zero-order valence-corrected chi connectivity index (χ0v) is 10.0. The Balaban J connectivity index is 1.99. The molecule has 0 aliphatic heterocycles. The van der Waals surface area contributed by atoms with Crippen molar-refractivity contribution in [1.29, 1.82) is 0 Å². The topological polar surface area (TPSA) is 24.9 Å². The fourth-order valence-corrected chi connectivity index (χ4v) is 2.90. The molecule has 0 bridgehead atoms. The van der Waals surface area contributed by atoms with E-state index >= 15 is 0 Å². The van der Waals surface area contributed by atoms with Gasteiger partial charge in [-0.3, -0.25) is 0 Å². The lowest BCUT2D eigenvalue weighted by molar-refractivity contribution is 0.708. The molecule has 0 amide bonds. The molecule has 1 rings (SSSR count). The summed E-state index contributed by atoms with van der Waals surface area (Å²) in [5.74, 6) is 1.17. The van der Waals surface area contributed by atoms with Gasteiger partial charge in [-0.05, 0) is 42.4 Å². The largest absolute Gasteiger partial charge is 0.317 e. The highest BCUT2D eigenvalue weighted by atomic mass is 33.1. The van der Waals surface area contributed by atoms with Gasteiger partial charge in [0.25, 0.3) is 0 Å². The van der Waals surface area contributed by atoms with E-state index < -0.39 is 0 Å². The van der Waals surface area contributed by atoms with Gasteiger partial charge >= 0.3 is 0 Å². The van der Waals surface area contributed by atoms with Gasteiger partial charge in [-0.15, -0.1) is 0 Å². The van der Waals surface area contributed by atoms with Crippen molar-refractivity contribution >= 4 is 21.6 Å². The van der Waals surface area contributed by atoms with Crippen molar-refractivity contribution in [2.75, 3.05) is 18.8 Å². The fraction of sp³-hybridized carbons (Fsp3) is 0.500. The van der Waals surface area contributed by atoms with Crippen LogP contribution in [-0.4, -0.2) is 23.8 Å². The number of nitrogens with one attached hydrogen (secondary N) is 1. The quantitative estimate of drug-likeness (QED) is 0.573. The number of pyridine rings is 1. The van der Waals surface area contributed by atoms with Crippen molar-refractivity contribution in [2.45, 2.75) is 18.4 Å². The minimum absolute atomic E-state index is 1.07. The van der Waals surface area contributed by atoms with Crippen LogP contribution in [0.5, 0.6) is 0 Å². The molecule has 0 saturated carbocycles. The molecule has 0 atom stereocenters. The molecule has 0 aliphatic carbocycles. The summed E-state index contributed by atoms with van der Waals surface area (Å²) in [7, 11) is 3.63. The Labute approximate surface area is 93.7 Å². The van der Waals surface area contributed by atoms with Gasteiger partial charge in [-0.1, -0.05) is 23.8 Å². The molecule has 0 spiro atoms. The average Bonchev–Trinajstić information content (AvgIpc) is 2.25. The molecule has 4 heteroatoms. The molecule has 0 fully saturated rings. The van der Waals surface area contributed by atoms with Crippen LogP contribution in [0.2, 0.25) is 0 Å². The van der Waals surface area contributed by atoms with Crippen LogP contribution in [0, 0.1) is 0 Å². The highest BCUT2D eigenvalue weighted by Crippen LogP contribution is 2.28. The van der Waals surface area contributed by atoms with Crippen LogP contribution in [0.25, 0.3) is 0 Å². The van der Waals surface area contributed by atoms with Crippen LogP contribution in [0.3, 0.4) is 0 Å². The predicted molar refractivity (Wildman–Crippen MR) is 65.7 cm³/mol. The van der Waals surface area contributed by atoms with Crippen molar-refractivity contribution in [3.63, 3.8) is 0 Å². The van der Waals surface area contributed by atoms with Gasteiger partial charge in [0.1, 0.15) is 5.03 Å². The van der Waals surface area contributed by atoms with E-state index in [2.05, 4.69) is 17.2 Å². The highest BCUT2D eigenvalue weighted by Gasteiger charge is 1.94. The van der Waals surface area contributed by atoms with E-state index in [-0.39, 0.29) is 0 Å². The van der Waals surface area contributed by atoms with E-state index in [1.807, 2.05) is 35.2 Å². The predicted octanol–water partition coefficient (Wildman–Crippen LogP) is 2.82. The van der Waals surface area contributed by atoms with Gasteiger partial charge in [0.05, 0.1) is 0 Å². The summed E-state index contributed by atoms with van der Waals surface area (Å²) in [5.41, 5.74) is 0. The highest BCUT2D eigenvalue weighted by molar-refractivity contribution is 8.76. The summed E-state index contributed by atoms with van der Waals surface area (Å²) in [5, 5.41) is 4.41. The molecule has 0 aliphatic rings. The van der Waals surface area contributed by atoms with Crippen LogP contribution in [0.4, 0.5) is 0 Å². The molecule has 0 radical (unpaired) electrons. The number of aromatic nitrogens is 1. The Hall–Kier alpha value is -0.190. The Morgan fingerprint density at radius 2 is 2.36 bits per heavy atom. The van der Waals surface area contributed by atoms with Crippen molar-refractivity contribution in [3.8, 4) is 0 Å². The summed E-state index contributed by atoms with van der Waals surface area (Å²) in [6.07, 6.45) is 3.06. The molecule has 78 valence electrons. The van der Waals surface area contributed by atoms with Crippen molar-refractivity contribution in [3.05, 3.63) is 24.4 Å². The van der Waals surface area contributed by atoms with Gasteiger partial charge < -0.3 is 5.32 Å². The third-order valence-corrected chi connectivity index (χ3v) is 3.96. The second-order valence-corrected chi connectivity index (χ2v) is 5.22. The third-order valence-electron chi connectivity index (χ3n) is 1.61. The van der Waals surface area contributed by atoms with Gasteiger partial charge in [-0.2, -0.15) is 0 Å². The number of nitrogens with zero attached hydrogens (tertiary/aromatic N) is 1. The number of hydrogen-bond donors (Lipinski definition) is 1. The Kier molecular flexibility index (Phi) is 6.91. The van der Waals surface area contributed by atoms with E-state index in [0.717, 1.165) is 18.1 Å². The zero-order chi connectivity index (χ0) is 10.1. The summed E-state index contributed by atoms with van der Waals surface area (Å²) in [6, 6.07) is 6.01. The van der Waals surface area contributed by atoms with Crippen molar-refractivity contribution in [2.24, 2.45) is 0 Å². The first-order valence-electron chi connectivity index (χ1n) is 4.84. The number of rotatable bonds is 7. The smallest absolute Gasteiger partial charge is 0.106 e. The summed E-state index contributed by atoms with van der Waals surface area (Å²) < 4.78 is 0. The Morgan fingerprint density at radius 3 is 3.07 bits per heavy atom. The minimum Gasteiger partial charge on any atom is -0.317 e. The average molecular weight is 228 g/mol. The Morgan fingerprint density at radius 1 is 1.43 bits per heavy atom. The first-order valence-corrected chi connectivity index (χ1v) is 7.16. The molecule has 1 aromatic rings. The maximum Gasteiger partial charge on any atom is 0.106 e. The lowest BCUT2D eigenvalue weighted by atomic mass is 10.5. The molecule has 1 aromatic heterocycles. The lowest BCUT2D eigenvalue weighted by Crippen LogP contribution is -2.14. The van der Waals surface area contributed by atoms with Crippen LogP contribution >= 0.6 is 21.6 Å². The molecule has 0 saturated heterocycles. The summed E-state index contributed by atoms with van der Waals surface area (Å²) in [4.78, 5) is 4.24. The Bertz CT molecular complexity index is 229. The molecular formula is C10H16N2S2. The van der Waals surface area contributed by atoms with Crippen molar-refractivity contribution in [1.82, 2.24) is 10.3 Å². The maximum absolute atomic E-state index is 4.24. The molecule has 1 N–H and O–H groups in total. The van der Waals surface area contributed by atoms with Gasteiger partial charge in [-0.25, -0.2) is 4.98 Å². The summed E-state index contributed by atoms with van der Waals surface area (Å²) >= 11 is 0. The normalized spacial score (nSPS) is 10.4. The second-order valence-electron chi connectivity index (χ2n) is 2.78. The molecule has 0 aromatic carbocycles. The van der Waals surface area contributed by atoms with E-state index in [4.69, 9.17) is 0 Å². The third kappa shape index (κ3) is 5.52. The number of hydrogen-bond acceptors (Lipinski definition) is 4. The van der Waals surface area contributed by atoms with Gasteiger partial charge in [0.15, 0.2) is 0 Å². The van der Waals surface area contributed by atoms with Crippen LogP contribution in [0.15, 0.2) is 29.4 Å². The fourth-order valence-electron chi connectivity index (χ4n) is 0.931. The van der Waals surface area contributed by atoms with E-state index in [9.17, 15) is 0 Å². The summed E-state index contributed by atoms with van der Waals surface area (Å²) in [6.45, 7) is 4.32. The maximum atomic E-state index is 4.24. The monoisotopic (exact) mass is 228 g/mol. The second kappa shape index (κ2) is 8.15. The lowest BCUT2D eigenvalue weighted by Gasteiger charge is -2.01. The molecule has 0 unspecified atom stereocenters. The zero-order valence-electron chi connectivity index (χ0n) is 8.40. The first-order chi connectivity index (χ1) is 6.93. The molecule has 1 heterocycles. The molecule has 14 heavy (non-hydrogen) atoms. The molecule has 2 nitrogen and oxygen atoms in total. The van der Waals surface area contributed by atoms with E-state index in [1.54, 1.807) is 10.8 Å².